The largest absolute Gasteiger partial charge is 0.341 e. The van der Waals surface area contributed by atoms with Crippen molar-refractivity contribution in [3.63, 3.8) is 0 Å². The highest BCUT2D eigenvalue weighted by Gasteiger charge is 2.18. The van der Waals surface area contributed by atoms with Crippen molar-refractivity contribution in [3.05, 3.63) is 51.5 Å². The number of aromatic amines is 1. The molecule has 0 amide bonds. The summed E-state index contributed by atoms with van der Waals surface area (Å²) >= 11 is 7.62. The molecule has 1 saturated heterocycles. The Labute approximate surface area is 169 Å². The summed E-state index contributed by atoms with van der Waals surface area (Å²) in [7, 11) is 0. The van der Waals surface area contributed by atoms with E-state index in [1.807, 2.05) is 19.1 Å². The van der Waals surface area contributed by atoms with Gasteiger partial charge < -0.3 is 4.90 Å². The van der Waals surface area contributed by atoms with Crippen LogP contribution in [-0.2, 0) is 0 Å². The highest BCUT2D eigenvalue weighted by Crippen LogP contribution is 2.30. The Morgan fingerprint density at radius 3 is 2.79 bits per heavy atom. The summed E-state index contributed by atoms with van der Waals surface area (Å²) < 4.78 is 2.37. The number of rotatable bonds is 3. The van der Waals surface area contributed by atoms with Gasteiger partial charge in [0.05, 0.1) is 21.1 Å². The maximum absolute atomic E-state index is 12.6. The summed E-state index contributed by atoms with van der Waals surface area (Å²) in [5, 5.41) is 4.26. The number of hydrogen-bond acceptors (Lipinski definition) is 6. The molecule has 5 rings (SSSR count). The van der Waals surface area contributed by atoms with E-state index in [9.17, 15) is 4.79 Å². The van der Waals surface area contributed by atoms with Gasteiger partial charge in [-0.05, 0) is 31.9 Å². The van der Waals surface area contributed by atoms with E-state index in [1.165, 1.54) is 28.9 Å². The van der Waals surface area contributed by atoms with Crippen LogP contribution in [0.25, 0.3) is 26.6 Å². The first-order valence-corrected chi connectivity index (χ1v) is 10.3. The van der Waals surface area contributed by atoms with Crippen molar-refractivity contribution in [1.29, 1.82) is 0 Å². The number of H-pyrrole nitrogens is 1. The van der Waals surface area contributed by atoms with E-state index in [-0.39, 0.29) is 5.56 Å². The SMILES string of the molecule is Cc1nc(N2CCCC2)ncc1-c1cc(=O)n(-c2nc3c(Cl)cccc3s2)[nH]1. The van der Waals surface area contributed by atoms with Gasteiger partial charge in [0.1, 0.15) is 5.52 Å². The van der Waals surface area contributed by atoms with Crippen molar-refractivity contribution >= 4 is 39.1 Å². The van der Waals surface area contributed by atoms with E-state index in [0.29, 0.717) is 21.4 Å². The Bertz CT molecular complexity index is 1240. The van der Waals surface area contributed by atoms with Crippen LogP contribution in [-0.4, -0.2) is 37.8 Å². The van der Waals surface area contributed by atoms with Crippen LogP contribution < -0.4 is 10.5 Å². The predicted octanol–water partition coefficient (Wildman–Crippen LogP) is 3.79. The van der Waals surface area contributed by atoms with E-state index < -0.39 is 0 Å². The van der Waals surface area contributed by atoms with E-state index >= 15 is 0 Å². The fourth-order valence-corrected chi connectivity index (χ4v) is 4.70. The predicted molar refractivity (Wildman–Crippen MR) is 112 cm³/mol. The lowest BCUT2D eigenvalue weighted by Gasteiger charge is -2.15. The average Bonchev–Trinajstić information content (AvgIpc) is 3.41. The first-order chi connectivity index (χ1) is 13.6. The number of hydrogen-bond donors (Lipinski definition) is 1. The smallest absolute Gasteiger partial charge is 0.273 e. The summed E-state index contributed by atoms with van der Waals surface area (Å²) in [6.07, 6.45) is 4.12. The van der Waals surface area contributed by atoms with Crippen LogP contribution in [0, 0.1) is 6.92 Å². The number of thiazole rings is 1. The molecule has 1 N–H and O–H groups in total. The molecule has 0 atom stereocenters. The Hall–Kier alpha value is -2.71. The quantitative estimate of drug-likeness (QED) is 0.553. The van der Waals surface area contributed by atoms with Crippen LogP contribution in [0.2, 0.25) is 5.02 Å². The fraction of sp³-hybridized carbons (Fsp3) is 0.263. The molecule has 1 aliphatic heterocycles. The van der Waals surface area contributed by atoms with Gasteiger partial charge in [-0.25, -0.2) is 15.0 Å². The standard InChI is InChI=1S/C19H17ClN6OS/c1-11-12(10-21-18(22-11)25-7-2-3-8-25)14-9-16(27)26(24-14)19-23-17-13(20)5-4-6-15(17)28-19/h4-6,9-10,24H,2-3,7-8H2,1H3. The molecule has 1 aromatic carbocycles. The van der Waals surface area contributed by atoms with Crippen molar-refractivity contribution in [2.24, 2.45) is 0 Å². The minimum atomic E-state index is -0.187. The van der Waals surface area contributed by atoms with Crippen LogP contribution in [0.4, 0.5) is 5.95 Å². The summed E-state index contributed by atoms with van der Waals surface area (Å²) in [6.45, 7) is 3.92. The molecule has 3 aromatic heterocycles. The number of halogens is 1. The van der Waals surface area contributed by atoms with Gasteiger partial charge >= 0.3 is 0 Å². The van der Waals surface area contributed by atoms with Crippen LogP contribution in [0.1, 0.15) is 18.5 Å². The summed E-state index contributed by atoms with van der Waals surface area (Å²) in [4.78, 5) is 28.4. The van der Waals surface area contributed by atoms with Gasteiger partial charge in [0.15, 0.2) is 0 Å². The van der Waals surface area contributed by atoms with E-state index in [4.69, 9.17) is 11.6 Å². The highest BCUT2D eigenvalue weighted by molar-refractivity contribution is 7.20. The highest BCUT2D eigenvalue weighted by atomic mass is 35.5. The van der Waals surface area contributed by atoms with Crippen LogP contribution >= 0.6 is 22.9 Å². The Morgan fingerprint density at radius 2 is 2.04 bits per heavy atom. The number of nitrogens with one attached hydrogen (secondary N) is 1. The molecule has 4 aromatic rings. The molecule has 4 heterocycles. The zero-order valence-electron chi connectivity index (χ0n) is 15.1. The second-order valence-corrected chi connectivity index (χ2v) is 8.21. The van der Waals surface area contributed by atoms with Crippen molar-refractivity contribution in [2.75, 3.05) is 18.0 Å². The van der Waals surface area contributed by atoms with Crippen LogP contribution in [0.3, 0.4) is 0 Å². The summed E-state index contributed by atoms with van der Waals surface area (Å²) in [6, 6.07) is 7.15. The van der Waals surface area contributed by atoms with Gasteiger partial charge in [-0.15, -0.1) is 0 Å². The molecular formula is C19H17ClN6OS. The monoisotopic (exact) mass is 412 g/mol. The molecule has 7 nitrogen and oxygen atoms in total. The van der Waals surface area contributed by atoms with Gasteiger partial charge in [0.25, 0.3) is 5.56 Å². The molecule has 1 aliphatic rings. The molecular weight excluding hydrogens is 396 g/mol. The third-order valence-electron chi connectivity index (χ3n) is 4.92. The topological polar surface area (TPSA) is 79.7 Å². The van der Waals surface area contributed by atoms with Crippen LogP contribution in [0.5, 0.6) is 0 Å². The lowest BCUT2D eigenvalue weighted by atomic mass is 10.2. The molecule has 0 aliphatic carbocycles. The maximum Gasteiger partial charge on any atom is 0.273 e. The Kier molecular flexibility index (Phi) is 4.17. The molecule has 28 heavy (non-hydrogen) atoms. The Morgan fingerprint density at radius 1 is 1.21 bits per heavy atom. The van der Waals surface area contributed by atoms with Crippen molar-refractivity contribution in [2.45, 2.75) is 19.8 Å². The first kappa shape index (κ1) is 17.4. The van der Waals surface area contributed by atoms with Gasteiger partial charge in [-0.3, -0.25) is 9.89 Å². The number of anilines is 1. The zero-order valence-corrected chi connectivity index (χ0v) is 16.7. The van der Waals surface area contributed by atoms with E-state index in [2.05, 4.69) is 25.0 Å². The number of aromatic nitrogens is 5. The molecule has 0 spiro atoms. The van der Waals surface area contributed by atoms with Crippen LogP contribution in [0.15, 0.2) is 35.3 Å². The van der Waals surface area contributed by atoms with Crippen molar-refractivity contribution in [3.8, 4) is 16.4 Å². The van der Waals surface area contributed by atoms with Crippen molar-refractivity contribution < 1.29 is 0 Å². The number of nitrogens with zero attached hydrogens (tertiary/aromatic N) is 5. The first-order valence-electron chi connectivity index (χ1n) is 9.06. The van der Waals surface area contributed by atoms with Gasteiger partial charge in [0.2, 0.25) is 11.1 Å². The molecule has 0 saturated carbocycles. The third-order valence-corrected chi connectivity index (χ3v) is 6.23. The minimum Gasteiger partial charge on any atom is -0.341 e. The molecule has 9 heteroatoms. The number of fused-ring (bicyclic) bond motifs is 1. The van der Waals surface area contributed by atoms with E-state index in [1.54, 1.807) is 18.3 Å². The second kappa shape index (κ2) is 6.72. The normalized spacial score (nSPS) is 14.3. The molecule has 1 fully saturated rings. The summed E-state index contributed by atoms with van der Waals surface area (Å²) in [5.74, 6) is 0.751. The Balaban J connectivity index is 1.54. The molecule has 0 bridgehead atoms. The minimum absolute atomic E-state index is 0.187. The fourth-order valence-electron chi connectivity index (χ4n) is 3.46. The molecule has 0 radical (unpaired) electrons. The summed E-state index contributed by atoms with van der Waals surface area (Å²) in [5.41, 5.74) is 2.81. The van der Waals surface area contributed by atoms with Crippen molar-refractivity contribution in [1.82, 2.24) is 24.7 Å². The number of para-hydroxylation sites is 1. The third kappa shape index (κ3) is 2.89. The molecule has 0 unspecified atom stereocenters. The lowest BCUT2D eigenvalue weighted by Crippen LogP contribution is -2.20. The van der Waals surface area contributed by atoms with Gasteiger partial charge in [-0.2, -0.15) is 4.68 Å². The lowest BCUT2D eigenvalue weighted by molar-refractivity contribution is 0.843. The molecule has 142 valence electrons. The zero-order chi connectivity index (χ0) is 19.3. The number of aryl methyl sites for hydroxylation is 1. The van der Waals surface area contributed by atoms with Gasteiger partial charge in [-0.1, -0.05) is 29.0 Å². The number of benzene rings is 1. The average molecular weight is 413 g/mol. The maximum atomic E-state index is 12.6. The second-order valence-electron chi connectivity index (χ2n) is 6.79. The van der Waals surface area contributed by atoms with Gasteiger partial charge in [0, 0.05) is 30.9 Å². The van der Waals surface area contributed by atoms with E-state index in [0.717, 1.165) is 35.0 Å².